The van der Waals surface area contributed by atoms with E-state index in [1.54, 1.807) is 7.11 Å². The first kappa shape index (κ1) is 15.3. The van der Waals surface area contributed by atoms with E-state index in [1.807, 2.05) is 19.1 Å². The maximum absolute atomic E-state index is 11.0. The minimum atomic E-state index is -0.766. The Morgan fingerprint density at radius 1 is 1.30 bits per heavy atom. The Hall–Kier alpha value is -1.06. The minimum absolute atomic E-state index is 0.317. The third kappa shape index (κ3) is 2.99. The largest absolute Gasteiger partial charge is 0.496 e. The van der Waals surface area contributed by atoms with E-state index in [9.17, 15) is 5.11 Å². The molecule has 0 spiro atoms. The Labute approximate surface area is 122 Å². The lowest BCUT2D eigenvalue weighted by molar-refractivity contribution is -0.0187. The van der Waals surface area contributed by atoms with E-state index in [-0.39, 0.29) is 0 Å². The summed E-state index contributed by atoms with van der Waals surface area (Å²) >= 11 is 0. The van der Waals surface area contributed by atoms with E-state index in [4.69, 9.17) is 4.74 Å². The maximum Gasteiger partial charge on any atom is 0.122 e. The van der Waals surface area contributed by atoms with Gasteiger partial charge < -0.3 is 15.2 Å². The molecule has 20 heavy (non-hydrogen) atoms. The molecule has 112 valence electrons. The van der Waals surface area contributed by atoms with Crippen LogP contribution in [-0.4, -0.2) is 25.3 Å². The van der Waals surface area contributed by atoms with E-state index in [1.165, 1.54) is 5.56 Å². The number of hydrogen-bond acceptors (Lipinski definition) is 3. The van der Waals surface area contributed by atoms with Gasteiger partial charge >= 0.3 is 0 Å². The van der Waals surface area contributed by atoms with E-state index >= 15 is 0 Å². The molecule has 1 aliphatic rings. The van der Waals surface area contributed by atoms with Crippen LogP contribution in [-0.2, 0) is 5.60 Å². The standard InChI is InChI=1S/C17H27NO2/c1-12(2)15-11-14(5-6-16(15)20-4)17(3,19)13-7-9-18-10-8-13/h5-6,11-13,18-19H,7-10H2,1-4H3. The molecule has 1 fully saturated rings. The van der Waals surface area contributed by atoms with E-state index < -0.39 is 5.60 Å². The van der Waals surface area contributed by atoms with Gasteiger partial charge in [-0.25, -0.2) is 0 Å². The quantitative estimate of drug-likeness (QED) is 0.889. The summed E-state index contributed by atoms with van der Waals surface area (Å²) in [4.78, 5) is 0. The van der Waals surface area contributed by atoms with Gasteiger partial charge in [0.15, 0.2) is 0 Å². The van der Waals surface area contributed by atoms with Crippen LogP contribution in [0.3, 0.4) is 0 Å². The van der Waals surface area contributed by atoms with Crippen molar-refractivity contribution < 1.29 is 9.84 Å². The van der Waals surface area contributed by atoms with E-state index in [2.05, 4.69) is 25.2 Å². The molecule has 1 heterocycles. The third-order valence-electron chi connectivity index (χ3n) is 4.57. The summed E-state index contributed by atoms with van der Waals surface area (Å²) in [6.45, 7) is 8.25. The monoisotopic (exact) mass is 277 g/mol. The number of benzene rings is 1. The van der Waals surface area contributed by atoms with Gasteiger partial charge in [0.2, 0.25) is 0 Å². The number of hydrogen-bond donors (Lipinski definition) is 2. The first-order valence-electron chi connectivity index (χ1n) is 7.58. The molecule has 0 saturated carbocycles. The van der Waals surface area contributed by atoms with Gasteiger partial charge in [0.1, 0.15) is 5.75 Å². The molecule has 3 heteroatoms. The van der Waals surface area contributed by atoms with E-state index in [0.29, 0.717) is 11.8 Å². The minimum Gasteiger partial charge on any atom is -0.496 e. The van der Waals surface area contributed by atoms with Crippen molar-refractivity contribution >= 4 is 0 Å². The van der Waals surface area contributed by atoms with Crippen molar-refractivity contribution in [1.82, 2.24) is 5.32 Å². The Bertz CT molecular complexity index is 448. The lowest BCUT2D eigenvalue weighted by Crippen LogP contribution is -2.39. The van der Waals surface area contributed by atoms with Crippen molar-refractivity contribution in [3.8, 4) is 5.75 Å². The van der Waals surface area contributed by atoms with Crippen LogP contribution >= 0.6 is 0 Å². The molecule has 2 N–H and O–H groups in total. The second-order valence-electron chi connectivity index (χ2n) is 6.28. The molecule has 0 aromatic heterocycles. The Kier molecular flexibility index (Phi) is 4.71. The molecule has 0 amide bonds. The van der Waals surface area contributed by atoms with Crippen LogP contribution in [0.15, 0.2) is 18.2 Å². The average molecular weight is 277 g/mol. The SMILES string of the molecule is COc1ccc(C(C)(O)C2CCNCC2)cc1C(C)C. The van der Waals surface area contributed by atoms with Gasteiger partial charge in [-0.15, -0.1) is 0 Å². The molecule has 0 bridgehead atoms. The van der Waals surface area contributed by atoms with Crippen LogP contribution < -0.4 is 10.1 Å². The summed E-state index contributed by atoms with van der Waals surface area (Å²) in [5, 5.41) is 14.4. The second-order valence-corrected chi connectivity index (χ2v) is 6.28. The van der Waals surface area contributed by atoms with Crippen LogP contribution in [0.4, 0.5) is 0 Å². The molecule has 0 aliphatic carbocycles. The highest BCUT2D eigenvalue weighted by Gasteiger charge is 2.34. The van der Waals surface area contributed by atoms with Gasteiger partial charge in [0.25, 0.3) is 0 Å². The van der Waals surface area contributed by atoms with Crippen molar-refractivity contribution in [2.45, 2.75) is 45.1 Å². The lowest BCUT2D eigenvalue weighted by atomic mass is 9.77. The van der Waals surface area contributed by atoms with E-state index in [0.717, 1.165) is 37.2 Å². The smallest absolute Gasteiger partial charge is 0.122 e. The zero-order valence-corrected chi connectivity index (χ0v) is 13.1. The summed E-state index contributed by atoms with van der Waals surface area (Å²) < 4.78 is 5.43. The zero-order chi connectivity index (χ0) is 14.8. The van der Waals surface area contributed by atoms with Gasteiger partial charge in [-0.3, -0.25) is 0 Å². The Morgan fingerprint density at radius 3 is 2.50 bits per heavy atom. The third-order valence-corrected chi connectivity index (χ3v) is 4.57. The molecule has 1 aliphatic heterocycles. The summed E-state index contributed by atoms with van der Waals surface area (Å²) in [5.74, 6) is 1.61. The average Bonchev–Trinajstić information content (AvgIpc) is 2.47. The molecule has 1 saturated heterocycles. The molecule has 1 aromatic carbocycles. The van der Waals surface area contributed by atoms with Gasteiger partial charge in [0.05, 0.1) is 12.7 Å². The first-order valence-corrected chi connectivity index (χ1v) is 7.58. The second kappa shape index (κ2) is 6.15. The summed E-state index contributed by atoms with van der Waals surface area (Å²) in [5.41, 5.74) is 1.41. The van der Waals surface area contributed by atoms with Crippen molar-refractivity contribution in [3.05, 3.63) is 29.3 Å². The highest BCUT2D eigenvalue weighted by molar-refractivity contribution is 5.41. The molecule has 1 unspecified atom stereocenters. The van der Waals surface area contributed by atoms with Gasteiger partial charge in [-0.05, 0) is 68.0 Å². The lowest BCUT2D eigenvalue weighted by Gasteiger charge is -2.36. The van der Waals surface area contributed by atoms with Crippen LogP contribution in [0.2, 0.25) is 0 Å². The van der Waals surface area contributed by atoms with Crippen molar-refractivity contribution in [2.24, 2.45) is 5.92 Å². The fourth-order valence-electron chi connectivity index (χ4n) is 3.12. The molecule has 0 radical (unpaired) electrons. The van der Waals surface area contributed by atoms with Crippen molar-refractivity contribution in [2.75, 3.05) is 20.2 Å². The normalized spacial score (nSPS) is 19.9. The molecule has 2 rings (SSSR count). The fraction of sp³-hybridized carbons (Fsp3) is 0.647. The highest BCUT2D eigenvalue weighted by atomic mass is 16.5. The maximum atomic E-state index is 11.0. The van der Waals surface area contributed by atoms with Crippen LogP contribution in [0.5, 0.6) is 5.75 Å². The first-order chi connectivity index (χ1) is 9.46. The number of methoxy groups -OCH3 is 1. The topological polar surface area (TPSA) is 41.5 Å². The number of ether oxygens (including phenoxy) is 1. The number of nitrogens with one attached hydrogen (secondary N) is 1. The van der Waals surface area contributed by atoms with Crippen molar-refractivity contribution in [1.29, 1.82) is 0 Å². The predicted octanol–water partition coefficient (Wildman–Crippen LogP) is 3.03. The van der Waals surface area contributed by atoms with Gasteiger partial charge in [-0.2, -0.15) is 0 Å². The highest BCUT2D eigenvalue weighted by Crippen LogP contribution is 2.38. The Balaban J connectivity index is 2.33. The molecule has 1 aromatic rings. The molecule has 3 nitrogen and oxygen atoms in total. The number of piperidine rings is 1. The Morgan fingerprint density at radius 2 is 1.95 bits per heavy atom. The molecule has 1 atom stereocenters. The number of rotatable bonds is 4. The fourth-order valence-corrected chi connectivity index (χ4v) is 3.12. The van der Waals surface area contributed by atoms with Crippen LogP contribution in [0.1, 0.15) is 50.7 Å². The van der Waals surface area contributed by atoms with Gasteiger partial charge in [-0.1, -0.05) is 19.9 Å². The molecular formula is C17H27NO2. The predicted molar refractivity (Wildman–Crippen MR) is 82.2 cm³/mol. The summed E-state index contributed by atoms with van der Waals surface area (Å²) in [6.07, 6.45) is 2.05. The van der Waals surface area contributed by atoms with Gasteiger partial charge in [0, 0.05) is 0 Å². The summed E-state index contributed by atoms with van der Waals surface area (Å²) in [7, 11) is 1.70. The van der Waals surface area contributed by atoms with Crippen LogP contribution in [0.25, 0.3) is 0 Å². The summed E-state index contributed by atoms with van der Waals surface area (Å²) in [6, 6.07) is 6.11. The molecular weight excluding hydrogens is 250 g/mol. The van der Waals surface area contributed by atoms with Crippen LogP contribution in [0, 0.1) is 5.92 Å². The number of aliphatic hydroxyl groups is 1. The zero-order valence-electron chi connectivity index (χ0n) is 13.1. The van der Waals surface area contributed by atoms with Crippen molar-refractivity contribution in [3.63, 3.8) is 0 Å².